The predicted molar refractivity (Wildman–Crippen MR) is 140 cm³/mol. The van der Waals surface area contributed by atoms with Gasteiger partial charge in [-0.05, 0) is 60.7 Å². The number of carbonyl (C=O) groups is 2. The van der Waals surface area contributed by atoms with Gasteiger partial charge in [0, 0.05) is 40.9 Å². The number of carboxylic acid groups (broad SMARTS) is 2. The van der Waals surface area contributed by atoms with Crippen molar-refractivity contribution < 1.29 is 29.3 Å². The van der Waals surface area contributed by atoms with Crippen LogP contribution in [0.4, 0.5) is 0 Å². The van der Waals surface area contributed by atoms with Gasteiger partial charge in [0.1, 0.15) is 23.1 Å². The number of phenolic OH excluding ortho intramolecular Hbond substituents is 1. The number of rotatable bonds is 10. The van der Waals surface area contributed by atoms with Gasteiger partial charge in [-0.25, -0.2) is 4.79 Å². The summed E-state index contributed by atoms with van der Waals surface area (Å²) in [5, 5.41) is 32.6. The second-order valence-corrected chi connectivity index (χ2v) is 8.73. The summed E-state index contributed by atoms with van der Waals surface area (Å²) < 4.78 is 5.85. The third kappa shape index (κ3) is 5.46. The highest BCUT2D eigenvalue weighted by Gasteiger charge is 2.22. The minimum absolute atomic E-state index is 0.0269. The van der Waals surface area contributed by atoms with Crippen LogP contribution in [-0.2, 0) is 4.79 Å². The molecule has 0 aromatic heterocycles. The van der Waals surface area contributed by atoms with Gasteiger partial charge in [0.15, 0.2) is 5.43 Å². The van der Waals surface area contributed by atoms with Crippen molar-refractivity contribution >= 4 is 28.6 Å². The molecule has 1 aliphatic carbocycles. The molecule has 1 atom stereocenters. The number of hydrogen-bond acceptors (Lipinski definition) is 7. The van der Waals surface area contributed by atoms with E-state index in [9.17, 15) is 24.6 Å². The minimum atomic E-state index is -1.14. The van der Waals surface area contributed by atoms with Gasteiger partial charge < -0.3 is 30.8 Å². The summed E-state index contributed by atoms with van der Waals surface area (Å²) in [6, 6.07) is 12.9. The van der Waals surface area contributed by atoms with E-state index in [2.05, 4.69) is 11.9 Å². The van der Waals surface area contributed by atoms with Gasteiger partial charge in [0.2, 0.25) is 0 Å². The van der Waals surface area contributed by atoms with Crippen molar-refractivity contribution in [2.45, 2.75) is 25.3 Å². The monoisotopic (exact) mass is 502 g/mol. The van der Waals surface area contributed by atoms with Crippen molar-refractivity contribution in [1.29, 1.82) is 0 Å². The molecular formula is C28H26N2O7. The largest absolute Gasteiger partial charge is 0.508 e. The number of benzene rings is 3. The molecule has 1 heterocycles. The lowest BCUT2D eigenvalue weighted by Crippen LogP contribution is -2.30. The zero-order valence-corrected chi connectivity index (χ0v) is 19.9. The average molecular weight is 503 g/mol. The number of carboxylic acids is 2. The Labute approximate surface area is 211 Å². The molecule has 0 saturated heterocycles. The predicted octanol–water partition coefficient (Wildman–Crippen LogP) is 4.11. The SMILES string of the molecule is C=C(NCCCC[C@@H](N)C(=O)O)c1ccc(-c2c3ccc(=O)cc-3oc3cc(O)ccc23)c(C(=O)O)c1. The van der Waals surface area contributed by atoms with Crippen LogP contribution < -0.4 is 16.5 Å². The maximum Gasteiger partial charge on any atom is 0.336 e. The van der Waals surface area contributed by atoms with E-state index in [0.717, 1.165) is 0 Å². The Hall–Kier alpha value is -4.63. The second-order valence-electron chi connectivity index (χ2n) is 8.73. The molecule has 37 heavy (non-hydrogen) atoms. The Morgan fingerprint density at radius 3 is 2.49 bits per heavy atom. The summed E-state index contributed by atoms with van der Waals surface area (Å²) in [5.74, 6) is -1.93. The van der Waals surface area contributed by atoms with E-state index in [4.69, 9.17) is 15.3 Å². The Balaban J connectivity index is 1.68. The van der Waals surface area contributed by atoms with Gasteiger partial charge in [0.25, 0.3) is 0 Å². The topological polar surface area (TPSA) is 163 Å². The molecule has 2 aliphatic rings. The molecule has 1 aliphatic heterocycles. The van der Waals surface area contributed by atoms with Crippen LogP contribution in [0.5, 0.6) is 5.75 Å². The van der Waals surface area contributed by atoms with Gasteiger partial charge in [-0.15, -0.1) is 0 Å². The third-order valence-corrected chi connectivity index (χ3v) is 6.14. The number of phenols is 1. The van der Waals surface area contributed by atoms with Crippen molar-refractivity contribution in [3.05, 3.63) is 82.5 Å². The Morgan fingerprint density at radius 1 is 1.00 bits per heavy atom. The van der Waals surface area contributed by atoms with E-state index < -0.39 is 18.0 Å². The number of aromatic hydroxyl groups is 1. The molecule has 0 unspecified atom stereocenters. The standard InChI is InChI=1S/C28H26N2O7/c1-15(30-11-3-2-4-23(29)28(35)36)16-5-8-19(22(12-16)27(33)34)26-20-9-6-17(31)13-24(20)37-25-14-18(32)7-10-21(25)26/h5-10,12-14,23,30-31H,1-4,11,29H2,(H,33,34)(H,35,36)/t23-/m1/s1. The number of aromatic carboxylic acids is 1. The Bertz CT molecular complexity index is 1540. The van der Waals surface area contributed by atoms with Crippen LogP contribution in [0.3, 0.4) is 0 Å². The molecule has 2 aromatic carbocycles. The first kappa shape index (κ1) is 25.5. The number of hydrogen-bond donors (Lipinski definition) is 5. The van der Waals surface area contributed by atoms with Crippen molar-refractivity contribution in [1.82, 2.24) is 5.32 Å². The molecule has 6 N–H and O–H groups in total. The normalized spacial score (nSPS) is 11.9. The molecule has 0 amide bonds. The summed E-state index contributed by atoms with van der Waals surface area (Å²) in [6.45, 7) is 4.53. The zero-order chi connectivity index (χ0) is 26.7. The highest BCUT2D eigenvalue weighted by Crippen LogP contribution is 2.42. The molecule has 0 bridgehead atoms. The summed E-state index contributed by atoms with van der Waals surface area (Å²) in [4.78, 5) is 35.1. The van der Waals surface area contributed by atoms with Gasteiger partial charge in [0.05, 0.1) is 5.56 Å². The molecule has 0 spiro atoms. The first-order valence-electron chi connectivity index (χ1n) is 11.6. The van der Waals surface area contributed by atoms with Gasteiger partial charge in [-0.2, -0.15) is 0 Å². The smallest absolute Gasteiger partial charge is 0.336 e. The van der Waals surface area contributed by atoms with Crippen molar-refractivity contribution in [2.75, 3.05) is 6.54 Å². The second kappa shape index (κ2) is 10.5. The van der Waals surface area contributed by atoms with E-state index in [1.54, 1.807) is 24.3 Å². The van der Waals surface area contributed by atoms with E-state index in [0.29, 0.717) is 64.7 Å². The fourth-order valence-electron chi connectivity index (χ4n) is 4.23. The number of fused-ring (bicyclic) bond motifs is 2. The summed E-state index contributed by atoms with van der Waals surface area (Å²) in [7, 11) is 0. The average Bonchev–Trinajstić information content (AvgIpc) is 2.86. The minimum Gasteiger partial charge on any atom is -0.508 e. The van der Waals surface area contributed by atoms with Crippen LogP contribution in [0.2, 0.25) is 0 Å². The van der Waals surface area contributed by atoms with Crippen molar-refractivity contribution in [3.63, 3.8) is 0 Å². The van der Waals surface area contributed by atoms with Crippen LogP contribution >= 0.6 is 0 Å². The van der Waals surface area contributed by atoms with Crippen molar-refractivity contribution in [3.8, 4) is 28.2 Å². The molecule has 0 fully saturated rings. The molecule has 9 heteroatoms. The molecule has 0 saturated carbocycles. The highest BCUT2D eigenvalue weighted by molar-refractivity contribution is 6.08. The molecular weight excluding hydrogens is 476 g/mol. The maximum absolute atomic E-state index is 12.3. The molecule has 190 valence electrons. The Morgan fingerprint density at radius 2 is 1.76 bits per heavy atom. The Kier molecular flexibility index (Phi) is 7.26. The summed E-state index contributed by atoms with van der Waals surface area (Å²) in [6.07, 6.45) is 1.65. The van der Waals surface area contributed by atoms with E-state index >= 15 is 0 Å². The van der Waals surface area contributed by atoms with Gasteiger partial charge in [-0.3, -0.25) is 9.59 Å². The maximum atomic E-state index is 12.3. The lowest BCUT2D eigenvalue weighted by molar-refractivity contribution is -0.138. The highest BCUT2D eigenvalue weighted by atomic mass is 16.4. The van der Waals surface area contributed by atoms with Crippen LogP contribution in [0.15, 0.2) is 70.4 Å². The summed E-state index contributed by atoms with van der Waals surface area (Å²) >= 11 is 0. The lowest BCUT2D eigenvalue weighted by atomic mass is 9.89. The van der Waals surface area contributed by atoms with Crippen LogP contribution in [0, 0.1) is 0 Å². The van der Waals surface area contributed by atoms with E-state index in [1.807, 2.05) is 0 Å². The van der Waals surface area contributed by atoms with E-state index in [-0.39, 0.29) is 22.5 Å². The van der Waals surface area contributed by atoms with E-state index in [1.165, 1.54) is 30.3 Å². The fraction of sp³-hybridized carbons (Fsp3) is 0.179. The van der Waals surface area contributed by atoms with Crippen molar-refractivity contribution in [2.24, 2.45) is 5.73 Å². The number of nitrogens with two attached hydrogens (primary N) is 1. The first-order chi connectivity index (χ1) is 17.7. The van der Waals surface area contributed by atoms with Gasteiger partial charge in [-0.1, -0.05) is 18.7 Å². The van der Waals surface area contributed by atoms with Gasteiger partial charge >= 0.3 is 11.9 Å². The van der Waals surface area contributed by atoms with Crippen LogP contribution in [-0.4, -0.2) is 39.8 Å². The molecule has 0 radical (unpaired) electrons. The first-order valence-corrected chi connectivity index (χ1v) is 11.6. The third-order valence-electron chi connectivity index (χ3n) is 6.14. The van der Waals surface area contributed by atoms with Crippen LogP contribution in [0.1, 0.15) is 35.2 Å². The molecule has 2 aromatic rings. The number of nitrogens with one attached hydrogen (secondary N) is 1. The van der Waals surface area contributed by atoms with Crippen LogP contribution in [0.25, 0.3) is 39.1 Å². The number of unbranched alkanes of at least 4 members (excludes halogenated alkanes) is 1. The lowest BCUT2D eigenvalue weighted by Gasteiger charge is -2.18. The quantitative estimate of drug-likeness (QED) is 0.159. The fourth-order valence-corrected chi connectivity index (χ4v) is 4.23. The molecule has 4 rings (SSSR count). The molecule has 9 nitrogen and oxygen atoms in total. The number of aliphatic carboxylic acids is 1. The summed E-state index contributed by atoms with van der Waals surface area (Å²) in [5.41, 5.74) is 8.23. The zero-order valence-electron chi connectivity index (χ0n) is 19.9.